The van der Waals surface area contributed by atoms with Crippen molar-refractivity contribution in [2.45, 2.75) is 38.9 Å². The van der Waals surface area contributed by atoms with Gasteiger partial charge in [-0.05, 0) is 42.4 Å². The lowest BCUT2D eigenvalue weighted by Crippen LogP contribution is -2.38. The highest BCUT2D eigenvalue weighted by Crippen LogP contribution is 2.36. The first-order chi connectivity index (χ1) is 12.1. The Labute approximate surface area is 149 Å². The second-order valence-electron chi connectivity index (χ2n) is 5.92. The van der Waals surface area contributed by atoms with Gasteiger partial charge in [-0.1, -0.05) is 57.2 Å². The molecule has 134 valence electrons. The van der Waals surface area contributed by atoms with Crippen LogP contribution in [0.1, 0.15) is 20.8 Å². The summed E-state index contributed by atoms with van der Waals surface area (Å²) in [6, 6.07) is 20.7. The van der Waals surface area contributed by atoms with Crippen LogP contribution in [0.5, 0.6) is 0 Å². The number of anilines is 2. The number of para-hydroxylation sites is 2. The van der Waals surface area contributed by atoms with Crippen molar-refractivity contribution in [1.29, 1.82) is 0 Å². The third-order valence-corrected chi connectivity index (χ3v) is 9.13. The molecule has 2 aromatic carbocycles. The van der Waals surface area contributed by atoms with Crippen LogP contribution < -0.4 is 4.90 Å². The Kier molecular flexibility index (Phi) is 6.76. The molecule has 2 nitrogen and oxygen atoms in total. The highest BCUT2D eigenvalue weighted by molar-refractivity contribution is 6.73. The van der Waals surface area contributed by atoms with Crippen molar-refractivity contribution < 1.29 is 13.2 Å². The summed E-state index contributed by atoms with van der Waals surface area (Å²) in [7, 11) is -2.25. The van der Waals surface area contributed by atoms with Gasteiger partial charge in [0.05, 0.1) is 0 Å². The van der Waals surface area contributed by atoms with E-state index in [1.54, 1.807) is 0 Å². The lowest BCUT2D eigenvalue weighted by atomic mass is 10.2. The summed E-state index contributed by atoms with van der Waals surface area (Å²) in [4.78, 5) is 1.51. The second-order valence-corrected chi connectivity index (χ2v) is 10.6. The van der Waals surface area contributed by atoms with Crippen molar-refractivity contribution >= 4 is 19.7 Å². The van der Waals surface area contributed by atoms with E-state index in [1.807, 2.05) is 81.4 Å². The van der Waals surface area contributed by atoms with Crippen LogP contribution in [-0.2, 0) is 4.43 Å². The third kappa shape index (κ3) is 4.48. The number of benzene rings is 2. The maximum absolute atomic E-state index is 14.0. The number of hydrogen-bond donors (Lipinski definition) is 0. The zero-order valence-electron chi connectivity index (χ0n) is 15.0. The van der Waals surface area contributed by atoms with E-state index < -0.39 is 14.4 Å². The van der Waals surface area contributed by atoms with Gasteiger partial charge in [0.15, 0.2) is 0 Å². The Hall–Kier alpha value is -2.14. The van der Waals surface area contributed by atoms with Crippen molar-refractivity contribution in [3.8, 4) is 0 Å². The van der Waals surface area contributed by atoms with E-state index in [0.29, 0.717) is 11.4 Å². The van der Waals surface area contributed by atoms with Gasteiger partial charge in [-0.25, -0.2) is 0 Å². The molecule has 0 heterocycles. The molecule has 0 aliphatic heterocycles. The highest BCUT2D eigenvalue weighted by Gasteiger charge is 2.35. The minimum atomic E-state index is -2.25. The smallest absolute Gasteiger partial charge is 0.329 e. The molecule has 0 saturated heterocycles. The van der Waals surface area contributed by atoms with E-state index in [2.05, 4.69) is 0 Å². The largest absolute Gasteiger partial charge is 0.528 e. The van der Waals surface area contributed by atoms with E-state index in [-0.39, 0.29) is 5.88 Å². The molecule has 0 radical (unpaired) electrons. The molecule has 0 aromatic heterocycles. The van der Waals surface area contributed by atoms with Crippen molar-refractivity contribution in [3.05, 3.63) is 72.6 Å². The average molecular weight is 362 g/mol. The van der Waals surface area contributed by atoms with Crippen LogP contribution in [0.4, 0.5) is 20.2 Å². The first kappa shape index (κ1) is 19.2. The molecular formula is C20H25F2NOSi. The summed E-state index contributed by atoms with van der Waals surface area (Å²) in [6.07, 6.45) is -1.79. The minimum Gasteiger partial charge on any atom is -0.528 e. The van der Waals surface area contributed by atoms with Crippen LogP contribution in [-0.4, -0.2) is 8.32 Å². The molecule has 0 atom stereocenters. The van der Waals surface area contributed by atoms with Gasteiger partial charge in [-0.15, -0.1) is 0 Å². The number of rotatable bonds is 8. The fourth-order valence-electron chi connectivity index (χ4n) is 2.88. The molecule has 25 heavy (non-hydrogen) atoms. The van der Waals surface area contributed by atoms with Crippen molar-refractivity contribution in [2.75, 3.05) is 4.90 Å². The molecule has 0 spiro atoms. The highest BCUT2D eigenvalue weighted by atomic mass is 28.4. The Morgan fingerprint density at radius 2 is 1.20 bits per heavy atom. The lowest BCUT2D eigenvalue weighted by molar-refractivity contribution is 0.313. The van der Waals surface area contributed by atoms with Crippen LogP contribution >= 0.6 is 0 Å². The van der Waals surface area contributed by atoms with Gasteiger partial charge in [-0.2, -0.15) is 8.78 Å². The lowest BCUT2D eigenvalue weighted by Gasteiger charge is -2.35. The summed E-state index contributed by atoms with van der Waals surface area (Å²) in [5.74, 6) is -0.338. The first-order valence-corrected chi connectivity index (χ1v) is 11.2. The second kappa shape index (κ2) is 8.81. The Balaban J connectivity index is 2.55. The van der Waals surface area contributed by atoms with Gasteiger partial charge in [-0.3, -0.25) is 4.90 Å². The number of hydrogen-bond acceptors (Lipinski definition) is 2. The van der Waals surface area contributed by atoms with Gasteiger partial charge in [0.2, 0.25) is 0 Å². The van der Waals surface area contributed by atoms with Gasteiger partial charge >= 0.3 is 6.08 Å². The number of halogens is 2. The SMILES string of the molecule is CC[Si](CC)(CC)OC(=C(F)F)N(c1ccccc1)c1ccccc1. The summed E-state index contributed by atoms with van der Waals surface area (Å²) in [5, 5.41) is 0. The van der Waals surface area contributed by atoms with E-state index in [4.69, 9.17) is 4.43 Å². The standard InChI is InChI=1S/C20H25F2NOSi/c1-4-25(5-2,6-3)24-20(19(21)22)23(17-13-9-7-10-14-17)18-15-11-8-12-16-18/h7-16H,4-6H2,1-3H3. The zero-order valence-corrected chi connectivity index (χ0v) is 16.0. The molecule has 0 unspecified atom stereocenters. The Bertz CT molecular complexity index is 636. The van der Waals surface area contributed by atoms with E-state index >= 15 is 0 Å². The first-order valence-electron chi connectivity index (χ1n) is 8.71. The minimum absolute atomic E-state index is 0.338. The molecule has 5 heteroatoms. The Morgan fingerprint density at radius 1 is 0.800 bits per heavy atom. The van der Waals surface area contributed by atoms with Gasteiger partial charge < -0.3 is 4.43 Å². The van der Waals surface area contributed by atoms with Gasteiger partial charge in [0, 0.05) is 11.4 Å². The van der Waals surface area contributed by atoms with Crippen molar-refractivity contribution in [2.24, 2.45) is 0 Å². The molecule has 0 amide bonds. The Morgan fingerprint density at radius 3 is 1.52 bits per heavy atom. The summed E-state index contributed by atoms with van der Waals surface area (Å²) in [6.45, 7) is 6.09. The topological polar surface area (TPSA) is 12.5 Å². The van der Waals surface area contributed by atoms with Gasteiger partial charge in [0.1, 0.15) is 0 Å². The third-order valence-electron chi connectivity index (χ3n) is 4.64. The predicted molar refractivity (Wildman–Crippen MR) is 103 cm³/mol. The molecule has 0 fully saturated rings. The van der Waals surface area contributed by atoms with E-state index in [0.717, 1.165) is 18.1 Å². The van der Waals surface area contributed by atoms with Gasteiger partial charge in [0.25, 0.3) is 14.2 Å². The van der Waals surface area contributed by atoms with Crippen LogP contribution in [0.3, 0.4) is 0 Å². The average Bonchev–Trinajstić information content (AvgIpc) is 2.67. The maximum Gasteiger partial charge on any atom is 0.329 e. The summed E-state index contributed by atoms with van der Waals surface area (Å²) < 4.78 is 34.1. The molecule has 2 aromatic rings. The fraction of sp³-hybridized carbons (Fsp3) is 0.300. The van der Waals surface area contributed by atoms with Crippen LogP contribution in [0.2, 0.25) is 18.1 Å². The maximum atomic E-state index is 14.0. The van der Waals surface area contributed by atoms with E-state index in [9.17, 15) is 8.78 Å². The molecule has 0 saturated carbocycles. The quantitative estimate of drug-likeness (QED) is 0.374. The van der Waals surface area contributed by atoms with Crippen LogP contribution in [0.15, 0.2) is 72.6 Å². The van der Waals surface area contributed by atoms with Crippen molar-refractivity contribution in [3.63, 3.8) is 0 Å². The fourth-order valence-corrected chi connectivity index (χ4v) is 5.39. The predicted octanol–water partition coefficient (Wildman–Crippen LogP) is 6.91. The van der Waals surface area contributed by atoms with Crippen molar-refractivity contribution in [1.82, 2.24) is 0 Å². The summed E-state index contributed by atoms with van der Waals surface area (Å²) in [5.41, 5.74) is 1.31. The monoisotopic (exact) mass is 361 g/mol. The molecular weight excluding hydrogens is 336 g/mol. The van der Waals surface area contributed by atoms with E-state index in [1.165, 1.54) is 4.90 Å². The number of nitrogens with zero attached hydrogens (tertiary/aromatic N) is 1. The molecule has 0 bridgehead atoms. The van der Waals surface area contributed by atoms with Crippen LogP contribution in [0, 0.1) is 0 Å². The summed E-state index contributed by atoms with van der Waals surface area (Å²) >= 11 is 0. The molecule has 0 aliphatic rings. The zero-order chi connectivity index (χ0) is 18.3. The molecule has 0 aliphatic carbocycles. The molecule has 0 N–H and O–H groups in total. The normalized spacial score (nSPS) is 11.1. The van der Waals surface area contributed by atoms with Crippen LogP contribution in [0.25, 0.3) is 0 Å². The molecule has 2 rings (SSSR count).